The van der Waals surface area contributed by atoms with Crippen molar-refractivity contribution in [1.29, 1.82) is 0 Å². The van der Waals surface area contributed by atoms with Crippen molar-refractivity contribution in [3.05, 3.63) is 65.7 Å². The fourth-order valence-electron chi connectivity index (χ4n) is 4.38. The zero-order valence-corrected chi connectivity index (χ0v) is 19.6. The van der Waals surface area contributed by atoms with E-state index in [1.54, 1.807) is 43.9 Å². The molecule has 8 heteroatoms. The van der Waals surface area contributed by atoms with E-state index in [0.717, 1.165) is 5.56 Å². The number of fused-ring (bicyclic) bond motifs is 1. The smallest absolute Gasteiger partial charge is 0.419 e. The largest absolute Gasteiger partial charge is 0.497 e. The number of hydrogen-bond acceptors (Lipinski definition) is 6. The molecule has 1 saturated heterocycles. The summed E-state index contributed by atoms with van der Waals surface area (Å²) < 4.78 is 11.2. The SMILES string of the molecule is COc1ccc2c(c1)N(C(=O)OC(C)(C)C)C(c1ccccc1)=C[C@H]2N1CC(=O)CC1C(=O)O. The number of Topliss-reactive ketones (excluding diaryl/α,β-unsaturated/α-hetero) is 1. The van der Waals surface area contributed by atoms with Gasteiger partial charge in [-0.15, -0.1) is 0 Å². The number of aliphatic carboxylic acids is 1. The molecular weight excluding hydrogens is 436 g/mol. The van der Waals surface area contributed by atoms with Gasteiger partial charge in [0.25, 0.3) is 0 Å². The van der Waals surface area contributed by atoms with Crippen molar-refractivity contribution in [2.75, 3.05) is 18.6 Å². The summed E-state index contributed by atoms with van der Waals surface area (Å²) in [4.78, 5) is 40.9. The van der Waals surface area contributed by atoms with Crippen molar-refractivity contribution in [2.45, 2.75) is 44.9 Å². The average molecular weight is 465 g/mol. The number of hydrogen-bond donors (Lipinski definition) is 1. The van der Waals surface area contributed by atoms with E-state index in [1.165, 1.54) is 12.0 Å². The highest BCUT2D eigenvalue weighted by Gasteiger charge is 2.43. The first kappa shape index (κ1) is 23.5. The summed E-state index contributed by atoms with van der Waals surface area (Å²) in [6.45, 7) is 5.40. The van der Waals surface area contributed by atoms with Gasteiger partial charge in [0.1, 0.15) is 23.2 Å². The predicted molar refractivity (Wildman–Crippen MR) is 127 cm³/mol. The van der Waals surface area contributed by atoms with Crippen LogP contribution in [-0.2, 0) is 14.3 Å². The third-order valence-electron chi connectivity index (χ3n) is 5.82. The number of carboxylic acid groups (broad SMARTS) is 1. The maximum atomic E-state index is 13.5. The van der Waals surface area contributed by atoms with Crippen LogP contribution in [0.5, 0.6) is 5.75 Å². The van der Waals surface area contributed by atoms with Gasteiger partial charge in [-0.25, -0.2) is 9.69 Å². The lowest BCUT2D eigenvalue weighted by Crippen LogP contribution is -2.43. The Labute approximate surface area is 198 Å². The highest BCUT2D eigenvalue weighted by Crippen LogP contribution is 2.45. The third-order valence-corrected chi connectivity index (χ3v) is 5.82. The number of carbonyl (C=O) groups is 3. The normalized spacial score (nSPS) is 20.5. The van der Waals surface area contributed by atoms with Crippen LogP contribution in [0.4, 0.5) is 10.5 Å². The molecule has 0 spiro atoms. The van der Waals surface area contributed by atoms with Gasteiger partial charge in [-0.2, -0.15) is 0 Å². The Hall–Kier alpha value is -3.65. The van der Waals surface area contributed by atoms with Gasteiger partial charge >= 0.3 is 12.1 Å². The molecule has 2 aromatic rings. The van der Waals surface area contributed by atoms with Gasteiger partial charge in [-0.1, -0.05) is 36.4 Å². The van der Waals surface area contributed by atoms with Crippen LogP contribution in [0.2, 0.25) is 0 Å². The Morgan fingerprint density at radius 2 is 1.79 bits per heavy atom. The Morgan fingerprint density at radius 3 is 2.41 bits per heavy atom. The van der Waals surface area contributed by atoms with Crippen molar-refractivity contribution in [2.24, 2.45) is 0 Å². The summed E-state index contributed by atoms with van der Waals surface area (Å²) in [6.07, 6.45) is 1.22. The fraction of sp³-hybridized carbons (Fsp3) is 0.346. The standard InChI is InChI=1S/C26H28N2O6/c1-26(2,3)34-25(32)28-20(16-8-6-5-7-9-16)14-21(19-11-10-18(33-4)13-22(19)28)27-15-17(29)12-23(27)24(30)31/h5-11,13-14,21,23H,12,15H2,1-4H3,(H,30,31)/t21-,23?/m1/s1. The van der Waals surface area contributed by atoms with E-state index in [1.807, 2.05) is 36.4 Å². The van der Waals surface area contributed by atoms with E-state index in [2.05, 4.69) is 0 Å². The minimum absolute atomic E-state index is 0.0120. The Morgan fingerprint density at radius 1 is 1.09 bits per heavy atom. The number of rotatable bonds is 4. The first-order chi connectivity index (χ1) is 16.1. The quantitative estimate of drug-likeness (QED) is 0.722. The van der Waals surface area contributed by atoms with E-state index < -0.39 is 29.7 Å². The maximum absolute atomic E-state index is 13.5. The Balaban J connectivity index is 1.93. The van der Waals surface area contributed by atoms with Gasteiger partial charge in [-0.3, -0.25) is 14.5 Å². The predicted octanol–water partition coefficient (Wildman–Crippen LogP) is 4.26. The van der Waals surface area contributed by atoms with Crippen molar-refractivity contribution in [3.63, 3.8) is 0 Å². The second-order valence-corrected chi connectivity index (χ2v) is 9.37. The molecule has 2 aliphatic heterocycles. The summed E-state index contributed by atoms with van der Waals surface area (Å²) >= 11 is 0. The van der Waals surface area contributed by atoms with Crippen LogP contribution in [0.3, 0.4) is 0 Å². The molecule has 2 aromatic carbocycles. The lowest BCUT2D eigenvalue weighted by atomic mass is 9.93. The molecule has 34 heavy (non-hydrogen) atoms. The Bertz CT molecular complexity index is 1150. The number of benzene rings is 2. The van der Waals surface area contributed by atoms with Gasteiger partial charge < -0.3 is 14.6 Å². The van der Waals surface area contributed by atoms with Crippen LogP contribution in [0, 0.1) is 0 Å². The third kappa shape index (κ3) is 4.54. The molecule has 8 nitrogen and oxygen atoms in total. The van der Waals surface area contributed by atoms with Crippen LogP contribution in [0.15, 0.2) is 54.6 Å². The molecule has 1 amide bonds. The minimum atomic E-state index is -1.05. The van der Waals surface area contributed by atoms with E-state index in [-0.39, 0.29) is 18.7 Å². The summed E-state index contributed by atoms with van der Waals surface area (Å²) in [5, 5.41) is 9.79. The zero-order valence-electron chi connectivity index (χ0n) is 19.6. The highest BCUT2D eigenvalue weighted by molar-refractivity contribution is 6.05. The van der Waals surface area contributed by atoms with Gasteiger partial charge in [0.15, 0.2) is 0 Å². The first-order valence-corrected chi connectivity index (χ1v) is 11.1. The van der Waals surface area contributed by atoms with Crippen molar-refractivity contribution < 1.29 is 29.0 Å². The molecule has 0 saturated carbocycles. The van der Waals surface area contributed by atoms with Gasteiger partial charge in [0.2, 0.25) is 0 Å². The number of ketones is 1. The van der Waals surface area contributed by atoms with Gasteiger partial charge in [0.05, 0.1) is 31.1 Å². The molecule has 0 aliphatic carbocycles. The minimum Gasteiger partial charge on any atom is -0.497 e. The average Bonchev–Trinajstić information content (AvgIpc) is 3.18. The van der Waals surface area contributed by atoms with Crippen molar-refractivity contribution >= 4 is 29.2 Å². The lowest BCUT2D eigenvalue weighted by Gasteiger charge is -2.39. The molecule has 4 rings (SSSR count). The molecular formula is C26H28N2O6. The molecule has 1 N–H and O–H groups in total. The second kappa shape index (κ2) is 8.95. The van der Waals surface area contributed by atoms with Crippen LogP contribution in [-0.4, -0.2) is 53.1 Å². The van der Waals surface area contributed by atoms with Crippen LogP contribution in [0.1, 0.15) is 44.4 Å². The maximum Gasteiger partial charge on any atom is 0.419 e. The highest BCUT2D eigenvalue weighted by atomic mass is 16.6. The molecule has 2 heterocycles. The number of likely N-dealkylation sites (tertiary alicyclic amines) is 1. The monoisotopic (exact) mass is 464 g/mol. The van der Waals surface area contributed by atoms with E-state index >= 15 is 0 Å². The molecule has 2 atom stereocenters. The van der Waals surface area contributed by atoms with Crippen molar-refractivity contribution in [3.8, 4) is 5.75 Å². The van der Waals surface area contributed by atoms with E-state index in [9.17, 15) is 19.5 Å². The number of amides is 1. The molecule has 0 aromatic heterocycles. The summed E-state index contributed by atoms with van der Waals surface area (Å²) in [5.74, 6) is -0.649. The molecule has 178 valence electrons. The fourth-order valence-corrected chi connectivity index (χ4v) is 4.38. The summed E-state index contributed by atoms with van der Waals surface area (Å²) in [7, 11) is 1.54. The zero-order chi connectivity index (χ0) is 24.6. The summed E-state index contributed by atoms with van der Waals surface area (Å²) in [5.41, 5.74) is 1.77. The lowest BCUT2D eigenvalue weighted by molar-refractivity contribution is -0.142. The molecule has 1 unspecified atom stereocenters. The summed E-state index contributed by atoms with van der Waals surface area (Å²) in [6, 6.07) is 13.1. The van der Waals surface area contributed by atoms with Gasteiger partial charge in [0, 0.05) is 12.5 Å². The number of methoxy groups -OCH3 is 1. The topological polar surface area (TPSA) is 96.4 Å². The van der Waals surface area contributed by atoms with Crippen molar-refractivity contribution in [1.82, 2.24) is 4.90 Å². The number of ether oxygens (including phenoxy) is 2. The molecule has 0 bridgehead atoms. The first-order valence-electron chi connectivity index (χ1n) is 11.1. The Kier molecular flexibility index (Phi) is 6.18. The number of carboxylic acids is 1. The van der Waals surface area contributed by atoms with Crippen LogP contribution in [0.25, 0.3) is 5.70 Å². The number of anilines is 1. The molecule has 0 radical (unpaired) electrons. The molecule has 2 aliphatic rings. The number of carbonyl (C=O) groups excluding carboxylic acids is 2. The van der Waals surface area contributed by atoms with Crippen LogP contribution >= 0.6 is 0 Å². The van der Waals surface area contributed by atoms with Gasteiger partial charge in [-0.05, 0) is 44.0 Å². The molecule has 1 fully saturated rings. The van der Waals surface area contributed by atoms with Crippen LogP contribution < -0.4 is 9.64 Å². The van der Waals surface area contributed by atoms with E-state index in [4.69, 9.17) is 9.47 Å². The second-order valence-electron chi connectivity index (χ2n) is 9.37. The van der Waals surface area contributed by atoms with E-state index in [0.29, 0.717) is 22.7 Å². The number of nitrogens with zero attached hydrogens (tertiary/aromatic N) is 2.